The monoisotopic (exact) mass is 109 g/mol. The zero-order chi connectivity index (χ0) is 6.15. The summed E-state index contributed by atoms with van der Waals surface area (Å²) in [5, 5.41) is 4.02. The quantitative estimate of drug-likeness (QED) is 0.419. The molecule has 0 amide bonds. The zero-order valence-corrected chi connectivity index (χ0v) is 5.18. The lowest BCUT2D eigenvalue weighted by atomic mass is 10.4. The fraction of sp³-hybridized carbons (Fsp3) is 0.333. The van der Waals surface area contributed by atoms with Crippen molar-refractivity contribution >= 4 is 0 Å². The van der Waals surface area contributed by atoms with Gasteiger partial charge in [-0.3, -0.25) is 0 Å². The Labute approximate surface area is 48.8 Å². The van der Waals surface area contributed by atoms with Gasteiger partial charge in [0.25, 0.3) is 0 Å². The van der Waals surface area contributed by atoms with Crippen molar-refractivity contribution in [3.8, 4) is 0 Å². The minimum atomic E-state index is 0.838. The number of nitrogens with zero attached hydrogens (tertiary/aromatic N) is 2. The molecule has 2 nitrogen and oxygen atoms in total. The molecule has 0 unspecified atom stereocenters. The number of allylic oxidation sites excluding steroid dienone is 2. The summed E-state index contributed by atoms with van der Waals surface area (Å²) in [6.07, 6.45) is 1.94. The molecule has 0 atom stereocenters. The van der Waals surface area contributed by atoms with Gasteiger partial charge in [0.15, 0.2) is 7.05 Å². The van der Waals surface area contributed by atoms with E-state index < -0.39 is 0 Å². The van der Waals surface area contributed by atoms with Crippen LogP contribution in [0.4, 0.5) is 0 Å². The normalized spacial score (nSPS) is 18.5. The summed E-state index contributed by atoms with van der Waals surface area (Å²) in [4.78, 5) is 0. The average Bonchev–Trinajstić information content (AvgIpc) is 1.85. The third-order valence-electron chi connectivity index (χ3n) is 1.16. The topological polar surface area (TPSA) is 15.4 Å². The molecule has 0 radical (unpaired) electrons. The summed E-state index contributed by atoms with van der Waals surface area (Å²) < 4.78 is 1.81. The molecule has 0 bridgehead atoms. The number of rotatable bonds is 0. The Kier molecular flexibility index (Phi) is 1.01. The van der Waals surface area contributed by atoms with E-state index in [1.165, 1.54) is 0 Å². The Morgan fingerprint density at radius 3 is 2.50 bits per heavy atom. The van der Waals surface area contributed by atoms with Crippen LogP contribution in [-0.2, 0) is 0 Å². The van der Waals surface area contributed by atoms with Gasteiger partial charge in [-0.15, -0.1) is 0 Å². The zero-order valence-electron chi connectivity index (χ0n) is 5.18. The molecule has 8 heavy (non-hydrogen) atoms. The molecule has 1 aliphatic heterocycles. The van der Waals surface area contributed by atoms with Crippen LogP contribution in [-0.4, -0.2) is 11.7 Å². The molecule has 42 valence electrons. The smallest absolute Gasteiger partial charge is 0.0909 e. The van der Waals surface area contributed by atoms with Crippen LogP contribution in [0, 0.1) is 0 Å². The van der Waals surface area contributed by atoms with Gasteiger partial charge in [-0.25, -0.2) is 0 Å². The second-order valence-corrected chi connectivity index (χ2v) is 1.90. The van der Waals surface area contributed by atoms with Crippen LogP contribution in [0.1, 0.15) is 6.92 Å². The summed E-state index contributed by atoms with van der Waals surface area (Å²) in [6, 6.07) is 0. The molecule has 0 aromatic heterocycles. The van der Waals surface area contributed by atoms with Crippen LogP contribution in [0.3, 0.4) is 0 Å². The molecule has 0 fully saturated rings. The van der Waals surface area contributed by atoms with Gasteiger partial charge >= 0.3 is 0 Å². The first-order valence-electron chi connectivity index (χ1n) is 2.53. The highest BCUT2D eigenvalue weighted by Gasteiger charge is 2.10. The number of hydrogen-bond acceptors (Lipinski definition) is 1. The van der Waals surface area contributed by atoms with Gasteiger partial charge in [0.05, 0.1) is 0 Å². The third kappa shape index (κ3) is 0.689. The van der Waals surface area contributed by atoms with Gasteiger partial charge in [-0.1, -0.05) is 11.3 Å². The molecule has 1 heterocycles. The molecule has 0 aliphatic carbocycles. The van der Waals surface area contributed by atoms with Crippen molar-refractivity contribution in [3.63, 3.8) is 0 Å². The van der Waals surface area contributed by atoms with Gasteiger partial charge in [-0.2, -0.15) is 0 Å². The maximum Gasteiger partial charge on any atom is 0.207 e. The molecule has 0 spiro atoms. The molecule has 0 N–H and O–H groups in total. The van der Waals surface area contributed by atoms with Crippen LogP contribution in [0.5, 0.6) is 0 Å². The molecular formula is C6H9N2+. The Balaban J connectivity index is 2.98. The summed E-state index contributed by atoms with van der Waals surface area (Å²) >= 11 is 0. The van der Waals surface area contributed by atoms with Gasteiger partial charge in [-0.05, 0) is 5.11 Å². The number of azo groups is 2. The first-order valence-corrected chi connectivity index (χ1v) is 2.53. The lowest BCUT2D eigenvalue weighted by Crippen LogP contribution is -1.91. The predicted molar refractivity (Wildman–Crippen MR) is 31.5 cm³/mol. The molecule has 0 aromatic rings. The van der Waals surface area contributed by atoms with Crippen molar-refractivity contribution in [2.45, 2.75) is 6.92 Å². The number of hydrogen-bond donors (Lipinski definition) is 0. The van der Waals surface area contributed by atoms with Crippen LogP contribution in [0.2, 0.25) is 0 Å². The van der Waals surface area contributed by atoms with Crippen molar-refractivity contribution in [2.24, 2.45) is 5.11 Å². The van der Waals surface area contributed by atoms with E-state index in [4.69, 9.17) is 0 Å². The van der Waals surface area contributed by atoms with E-state index in [0.29, 0.717) is 0 Å². The van der Waals surface area contributed by atoms with E-state index in [1.54, 1.807) is 0 Å². The highest BCUT2D eigenvalue weighted by molar-refractivity contribution is 5.15. The fourth-order valence-electron chi connectivity index (χ4n) is 0.635. The maximum atomic E-state index is 4.02. The Bertz CT molecular complexity index is 167. The molecule has 1 rings (SSSR count). The fourth-order valence-corrected chi connectivity index (χ4v) is 0.635. The molecule has 1 aliphatic rings. The van der Waals surface area contributed by atoms with E-state index in [2.05, 4.69) is 11.7 Å². The van der Waals surface area contributed by atoms with Crippen LogP contribution < -0.4 is 0 Å². The first kappa shape index (κ1) is 5.22. The van der Waals surface area contributed by atoms with Crippen LogP contribution >= 0.6 is 0 Å². The van der Waals surface area contributed by atoms with E-state index >= 15 is 0 Å². The van der Waals surface area contributed by atoms with Crippen molar-refractivity contribution < 1.29 is 4.70 Å². The van der Waals surface area contributed by atoms with Crippen LogP contribution in [0.15, 0.2) is 29.2 Å². The van der Waals surface area contributed by atoms with Crippen LogP contribution in [0.25, 0.3) is 0 Å². The van der Waals surface area contributed by atoms with Gasteiger partial charge in [0, 0.05) is 13.0 Å². The second-order valence-electron chi connectivity index (χ2n) is 1.90. The van der Waals surface area contributed by atoms with Gasteiger partial charge < -0.3 is 0 Å². The second kappa shape index (κ2) is 1.54. The summed E-state index contributed by atoms with van der Waals surface area (Å²) in [6.45, 7) is 5.67. The largest absolute Gasteiger partial charge is 0.207 e. The minimum absolute atomic E-state index is 0.838. The van der Waals surface area contributed by atoms with E-state index in [0.717, 1.165) is 11.4 Å². The lowest BCUT2D eigenvalue weighted by Gasteiger charge is -1.77. The van der Waals surface area contributed by atoms with Crippen molar-refractivity contribution in [2.75, 3.05) is 7.05 Å². The minimum Gasteiger partial charge on any atom is -0.0909 e. The van der Waals surface area contributed by atoms with Gasteiger partial charge in [0.1, 0.15) is 5.70 Å². The highest BCUT2D eigenvalue weighted by atomic mass is 15.3. The van der Waals surface area contributed by atoms with Crippen molar-refractivity contribution in [1.29, 1.82) is 0 Å². The lowest BCUT2D eigenvalue weighted by molar-refractivity contribution is -0.508. The van der Waals surface area contributed by atoms with E-state index in [1.807, 2.05) is 24.7 Å². The molecule has 0 saturated heterocycles. The van der Waals surface area contributed by atoms with E-state index in [-0.39, 0.29) is 0 Å². The molecule has 0 aromatic carbocycles. The average molecular weight is 109 g/mol. The van der Waals surface area contributed by atoms with Gasteiger partial charge in [0.2, 0.25) is 5.70 Å². The Morgan fingerprint density at radius 1 is 1.75 bits per heavy atom. The standard InChI is InChI=1S/C6H9N2/c1-5-4-6(2)8(3)7-5/h4H,1H2,2-3H3/q+1. The SMILES string of the molecule is C=C1C=C(C)[N+](C)=N1. The van der Waals surface area contributed by atoms with Crippen molar-refractivity contribution in [3.05, 3.63) is 24.0 Å². The maximum absolute atomic E-state index is 4.02. The molecule has 2 heteroatoms. The Morgan fingerprint density at radius 2 is 2.38 bits per heavy atom. The van der Waals surface area contributed by atoms with Crippen molar-refractivity contribution in [1.82, 2.24) is 0 Å². The highest BCUT2D eigenvalue weighted by Crippen LogP contribution is 2.10. The summed E-state index contributed by atoms with van der Waals surface area (Å²) in [5.41, 5.74) is 1.99. The predicted octanol–water partition coefficient (Wildman–Crippen LogP) is 1.51. The van der Waals surface area contributed by atoms with E-state index in [9.17, 15) is 0 Å². The Hall–Kier alpha value is -0.920. The summed E-state index contributed by atoms with van der Waals surface area (Å²) in [5.74, 6) is 0. The third-order valence-corrected chi connectivity index (χ3v) is 1.16. The summed E-state index contributed by atoms with van der Waals surface area (Å²) in [7, 11) is 1.91. The first-order chi connectivity index (χ1) is 3.70. The molecular weight excluding hydrogens is 100 g/mol. The molecule has 0 saturated carbocycles.